The average molecular weight is 384 g/mol. The van der Waals surface area contributed by atoms with E-state index in [9.17, 15) is 14.7 Å². The van der Waals surface area contributed by atoms with E-state index >= 15 is 0 Å². The van der Waals surface area contributed by atoms with Gasteiger partial charge in [0.2, 0.25) is 9.70 Å². The third-order valence-corrected chi connectivity index (χ3v) is 4.43. The molecule has 1 atom stereocenters. The molecular weight excluding hydrogens is 370 g/mol. The fourth-order valence-corrected chi connectivity index (χ4v) is 1.29. The van der Waals surface area contributed by atoms with Crippen LogP contribution < -0.4 is 10.6 Å². The fourth-order valence-electron chi connectivity index (χ4n) is 1.03. The minimum absolute atomic E-state index is 0.496. The van der Waals surface area contributed by atoms with Gasteiger partial charge in [0, 0.05) is 0 Å². The molecule has 1 unspecified atom stereocenters. The predicted molar refractivity (Wildman–Crippen MR) is 75.2 cm³/mol. The maximum Gasteiger partial charge on any atom is 0.323 e. The van der Waals surface area contributed by atoms with Gasteiger partial charge in [0.15, 0.2) is 6.23 Å². The zero-order valence-corrected chi connectivity index (χ0v) is 13.6. The molecule has 5 nitrogen and oxygen atoms in total. The number of hydrogen-bond acceptors (Lipinski definition) is 3. The Hall–Kier alpha value is 0.250. The summed E-state index contributed by atoms with van der Waals surface area (Å²) in [6.45, 7) is 3.60. The van der Waals surface area contributed by atoms with Crippen molar-refractivity contribution in [2.75, 3.05) is 0 Å². The number of imide groups is 1. The van der Waals surface area contributed by atoms with E-state index < -0.39 is 26.3 Å². The van der Waals surface area contributed by atoms with Crippen molar-refractivity contribution in [3.63, 3.8) is 0 Å². The number of aliphatic hydroxyl groups is 1. The summed E-state index contributed by atoms with van der Waals surface area (Å²) in [6.07, 6.45) is -0.728. The minimum atomic E-state index is -2.07. The summed E-state index contributed by atoms with van der Waals surface area (Å²) in [6, 6.07) is -0.940. The van der Waals surface area contributed by atoms with Crippen LogP contribution in [0.25, 0.3) is 0 Å². The number of rotatable bonds is 4. The molecule has 0 aliphatic rings. The lowest BCUT2D eigenvalue weighted by molar-refractivity contribution is -0.122. The van der Waals surface area contributed by atoms with Crippen LogP contribution in [0.4, 0.5) is 4.79 Å². The van der Waals surface area contributed by atoms with Crippen LogP contribution in [0.15, 0.2) is 0 Å². The first-order valence-electron chi connectivity index (χ1n) is 5.12. The minimum Gasteiger partial charge on any atom is -0.369 e. The molecule has 0 aliphatic heterocycles. The lowest BCUT2D eigenvalue weighted by atomic mass is 10.0. The molecule has 0 aliphatic carbocycles. The van der Waals surface area contributed by atoms with Gasteiger partial charge in [0.05, 0.1) is 0 Å². The van der Waals surface area contributed by atoms with Crippen molar-refractivity contribution in [1.29, 1.82) is 0 Å². The highest BCUT2D eigenvalue weighted by Crippen LogP contribution is 2.29. The van der Waals surface area contributed by atoms with Crippen molar-refractivity contribution < 1.29 is 14.7 Å². The molecule has 0 saturated heterocycles. The molecule has 0 aromatic carbocycles. The van der Waals surface area contributed by atoms with Crippen LogP contribution in [0.2, 0.25) is 0 Å². The van der Waals surface area contributed by atoms with Gasteiger partial charge in [-0.05, 0) is 12.8 Å². The highest BCUT2D eigenvalue weighted by molar-refractivity contribution is 9.10. The Morgan fingerprint density at radius 3 is 2.06 bits per heavy atom. The maximum absolute atomic E-state index is 11.8. The number of aliphatic hydroxyl groups excluding tert-OH is 1. The Labute approximate surface area is 129 Å². The molecule has 18 heavy (non-hydrogen) atoms. The molecule has 9 heteroatoms. The highest BCUT2D eigenvalue weighted by atomic mass is 79.9. The van der Waals surface area contributed by atoms with Crippen molar-refractivity contribution >= 4 is 62.7 Å². The molecule has 0 bridgehead atoms. The molecule has 0 aromatic heterocycles. The monoisotopic (exact) mass is 382 g/mol. The number of carbonyl (C=O) groups excluding carboxylic acids is 2. The second-order valence-electron chi connectivity index (χ2n) is 3.54. The van der Waals surface area contributed by atoms with Gasteiger partial charge in [-0.1, -0.05) is 64.6 Å². The summed E-state index contributed by atoms with van der Waals surface area (Å²) in [5, 5.41) is 13.3. The van der Waals surface area contributed by atoms with Crippen molar-refractivity contribution in [2.45, 2.75) is 41.0 Å². The predicted octanol–water partition coefficient (Wildman–Crippen LogP) is 2.45. The van der Waals surface area contributed by atoms with Gasteiger partial charge >= 0.3 is 6.03 Å². The van der Waals surface area contributed by atoms with E-state index in [1.54, 1.807) is 13.8 Å². The lowest BCUT2D eigenvalue weighted by Crippen LogP contribution is -2.53. The number of hydrogen-bond donors (Lipinski definition) is 3. The van der Waals surface area contributed by atoms with Gasteiger partial charge in [-0.2, -0.15) is 0 Å². The topological polar surface area (TPSA) is 78.4 Å². The molecule has 0 rings (SSSR count). The first kappa shape index (κ1) is 18.2. The van der Waals surface area contributed by atoms with Crippen molar-refractivity contribution in [1.82, 2.24) is 10.6 Å². The molecule has 0 spiro atoms. The quantitative estimate of drug-likeness (QED) is 0.515. The van der Waals surface area contributed by atoms with Crippen LogP contribution in [-0.4, -0.2) is 31.4 Å². The van der Waals surface area contributed by atoms with Crippen LogP contribution in [0, 0.1) is 0 Å². The van der Waals surface area contributed by atoms with E-state index in [1.807, 2.05) is 5.32 Å². The first-order chi connectivity index (χ1) is 8.06. The second kappa shape index (κ2) is 7.14. The zero-order valence-electron chi connectivity index (χ0n) is 9.77. The van der Waals surface area contributed by atoms with E-state index in [-0.39, 0.29) is 0 Å². The van der Waals surface area contributed by atoms with Crippen LogP contribution in [-0.2, 0) is 4.79 Å². The zero-order chi connectivity index (χ0) is 14.6. The maximum atomic E-state index is 11.8. The number of carbonyl (C=O) groups is 2. The molecule has 106 valence electrons. The van der Waals surface area contributed by atoms with Crippen molar-refractivity contribution in [3.05, 3.63) is 0 Å². The van der Waals surface area contributed by atoms with E-state index in [4.69, 9.17) is 34.8 Å². The molecule has 0 radical (unpaired) electrons. The van der Waals surface area contributed by atoms with Gasteiger partial charge in [0.25, 0.3) is 0 Å². The first-order valence-corrected chi connectivity index (χ1v) is 7.05. The summed E-state index contributed by atoms with van der Waals surface area (Å²) in [7, 11) is 0. The number of amides is 3. The Bertz CT molecular complexity index is 319. The van der Waals surface area contributed by atoms with Crippen LogP contribution in [0.1, 0.15) is 26.7 Å². The largest absolute Gasteiger partial charge is 0.369 e. The standard InChI is InChI=1S/C9H14BrCl3N2O3/c1-3-8(10,4-2)5(16)14-7(18)15-6(17)9(11,12)13/h6,17H,3-4H2,1-2H3,(H2,14,15,16,18). The van der Waals surface area contributed by atoms with E-state index in [2.05, 4.69) is 21.2 Å². The Kier molecular flexibility index (Phi) is 7.24. The summed E-state index contributed by atoms with van der Waals surface area (Å²) < 4.78 is -2.91. The normalized spacial score (nSPS) is 13.9. The SMILES string of the molecule is CCC(Br)(CC)C(=O)NC(=O)NC(O)C(Cl)(Cl)Cl. The summed E-state index contributed by atoms with van der Waals surface area (Å²) in [5.74, 6) is -0.526. The molecular formula is C9H14BrCl3N2O3. The number of urea groups is 1. The third kappa shape index (κ3) is 5.48. The Morgan fingerprint density at radius 1 is 1.28 bits per heavy atom. The van der Waals surface area contributed by atoms with Crippen molar-refractivity contribution in [3.8, 4) is 0 Å². The smallest absolute Gasteiger partial charge is 0.323 e. The second-order valence-corrected chi connectivity index (χ2v) is 7.43. The highest BCUT2D eigenvalue weighted by Gasteiger charge is 2.35. The summed E-state index contributed by atoms with van der Waals surface area (Å²) >= 11 is 19.3. The van der Waals surface area contributed by atoms with Gasteiger partial charge in [-0.3, -0.25) is 10.1 Å². The molecule has 0 saturated carbocycles. The average Bonchev–Trinajstić information content (AvgIpc) is 2.26. The molecule has 3 amide bonds. The van der Waals surface area contributed by atoms with Gasteiger partial charge in [-0.25, -0.2) is 4.79 Å². The number of alkyl halides is 4. The van der Waals surface area contributed by atoms with Crippen LogP contribution in [0.3, 0.4) is 0 Å². The van der Waals surface area contributed by atoms with Crippen molar-refractivity contribution in [2.24, 2.45) is 0 Å². The molecule has 0 aromatic rings. The van der Waals surface area contributed by atoms with Crippen LogP contribution in [0.5, 0.6) is 0 Å². The van der Waals surface area contributed by atoms with Gasteiger partial charge < -0.3 is 10.4 Å². The molecule has 0 fully saturated rings. The number of halogens is 4. The van der Waals surface area contributed by atoms with Gasteiger partial charge in [0.1, 0.15) is 4.32 Å². The van der Waals surface area contributed by atoms with E-state index in [0.717, 1.165) is 0 Å². The van der Waals surface area contributed by atoms with Crippen LogP contribution >= 0.6 is 50.7 Å². The summed E-state index contributed by atoms with van der Waals surface area (Å²) in [5.41, 5.74) is 0. The Morgan fingerprint density at radius 2 is 1.72 bits per heavy atom. The molecule has 0 heterocycles. The van der Waals surface area contributed by atoms with E-state index in [1.165, 1.54) is 0 Å². The van der Waals surface area contributed by atoms with E-state index in [0.29, 0.717) is 12.8 Å². The lowest BCUT2D eigenvalue weighted by Gasteiger charge is -2.24. The van der Waals surface area contributed by atoms with Gasteiger partial charge in [-0.15, -0.1) is 0 Å². The third-order valence-electron chi connectivity index (χ3n) is 2.33. The molecule has 3 N–H and O–H groups in total. The Balaban J connectivity index is 4.47. The summed E-state index contributed by atoms with van der Waals surface area (Å²) in [4.78, 5) is 23.2. The number of nitrogens with one attached hydrogen (secondary N) is 2. The fraction of sp³-hybridized carbons (Fsp3) is 0.778.